The summed E-state index contributed by atoms with van der Waals surface area (Å²) in [6.45, 7) is 0.720. The lowest BCUT2D eigenvalue weighted by atomic mass is 10.1. The van der Waals surface area contributed by atoms with E-state index in [9.17, 15) is 0 Å². The molecule has 3 rings (SSSR count). The quantitative estimate of drug-likeness (QED) is 0.665. The second-order valence-corrected chi connectivity index (χ2v) is 8.62. The van der Waals surface area contributed by atoms with Crippen LogP contribution < -0.4 is 0 Å². The van der Waals surface area contributed by atoms with Gasteiger partial charge in [-0.3, -0.25) is 0 Å². The number of hydrogen-bond donors (Lipinski definition) is 0. The highest BCUT2D eigenvalue weighted by Crippen LogP contribution is 2.36. The first-order valence-electron chi connectivity index (χ1n) is 8.34. The Hall–Kier alpha value is -0.900. The molecule has 1 aliphatic heterocycles. The van der Waals surface area contributed by atoms with Crippen molar-refractivity contribution in [2.45, 2.75) is 36.6 Å². The van der Waals surface area contributed by atoms with Crippen LogP contribution in [0.3, 0.4) is 0 Å². The molecular formula is C20H24OS2. The molecule has 23 heavy (non-hydrogen) atoms. The highest BCUT2D eigenvalue weighted by atomic mass is 32.2. The Morgan fingerprint density at radius 1 is 0.870 bits per heavy atom. The molecule has 0 aromatic heterocycles. The van der Waals surface area contributed by atoms with E-state index in [2.05, 4.69) is 84.2 Å². The molecule has 0 bridgehead atoms. The Kier molecular flexibility index (Phi) is 6.93. The van der Waals surface area contributed by atoms with Gasteiger partial charge in [0.25, 0.3) is 0 Å². The maximum absolute atomic E-state index is 6.35. The predicted octanol–water partition coefficient (Wildman–Crippen LogP) is 5.40. The Bertz CT molecular complexity index is 509. The summed E-state index contributed by atoms with van der Waals surface area (Å²) in [5, 5.41) is 0. The first-order chi connectivity index (χ1) is 11.4. The van der Waals surface area contributed by atoms with Gasteiger partial charge >= 0.3 is 0 Å². The lowest BCUT2D eigenvalue weighted by Crippen LogP contribution is -2.27. The molecule has 0 spiro atoms. The summed E-state index contributed by atoms with van der Waals surface area (Å²) in [4.78, 5) is 0. The van der Waals surface area contributed by atoms with E-state index in [1.165, 1.54) is 29.1 Å². The minimum absolute atomic E-state index is 0.325. The second-order valence-electron chi connectivity index (χ2n) is 5.82. The molecule has 0 amide bonds. The van der Waals surface area contributed by atoms with Gasteiger partial charge in [0.2, 0.25) is 0 Å². The minimum Gasteiger partial charge on any atom is -0.371 e. The lowest BCUT2D eigenvalue weighted by Gasteiger charge is -2.29. The molecule has 1 atom stereocenters. The fourth-order valence-electron chi connectivity index (χ4n) is 2.75. The van der Waals surface area contributed by atoms with Crippen LogP contribution in [0.1, 0.15) is 24.0 Å². The Balaban J connectivity index is 1.58. The van der Waals surface area contributed by atoms with E-state index in [0.29, 0.717) is 10.7 Å². The van der Waals surface area contributed by atoms with Crippen molar-refractivity contribution in [3.63, 3.8) is 0 Å². The van der Waals surface area contributed by atoms with Crippen LogP contribution in [0.25, 0.3) is 0 Å². The molecule has 0 unspecified atom stereocenters. The smallest absolute Gasteiger partial charge is 0.0792 e. The molecular weight excluding hydrogens is 320 g/mol. The monoisotopic (exact) mass is 344 g/mol. The van der Waals surface area contributed by atoms with E-state index in [4.69, 9.17) is 4.74 Å². The number of aryl methyl sites for hydroxylation is 1. The summed E-state index contributed by atoms with van der Waals surface area (Å²) < 4.78 is 6.93. The second kappa shape index (κ2) is 9.41. The highest BCUT2D eigenvalue weighted by Gasteiger charge is 2.25. The van der Waals surface area contributed by atoms with Gasteiger partial charge in [0.05, 0.1) is 17.3 Å². The molecule has 1 aliphatic rings. The number of benzene rings is 2. The zero-order chi connectivity index (χ0) is 15.7. The van der Waals surface area contributed by atoms with Gasteiger partial charge in [-0.1, -0.05) is 60.7 Å². The average Bonchev–Trinajstić information content (AvgIpc) is 2.64. The first-order valence-corrected chi connectivity index (χ1v) is 10.4. The van der Waals surface area contributed by atoms with Crippen LogP contribution in [0, 0.1) is 0 Å². The first kappa shape index (κ1) is 16.9. The van der Waals surface area contributed by atoms with E-state index in [1.807, 2.05) is 0 Å². The van der Waals surface area contributed by atoms with Gasteiger partial charge in [0.1, 0.15) is 0 Å². The van der Waals surface area contributed by atoms with Gasteiger partial charge in [0, 0.05) is 0 Å². The van der Waals surface area contributed by atoms with Crippen molar-refractivity contribution in [1.82, 2.24) is 0 Å². The van der Waals surface area contributed by atoms with Crippen molar-refractivity contribution in [3.05, 3.63) is 71.8 Å². The fourth-order valence-corrected chi connectivity index (χ4v) is 5.84. The standard InChI is InChI=1S/C20H24OS2/c1-3-8-17(9-4-1)12-13-19(20-22-14-7-15-23-20)21-16-18-10-5-2-6-11-18/h1-6,8-11,19-20H,7,12-16H2/t19-/m0/s1. The molecule has 2 aromatic carbocycles. The minimum atomic E-state index is 0.325. The molecule has 1 fully saturated rings. The van der Waals surface area contributed by atoms with Crippen LogP contribution >= 0.6 is 23.5 Å². The molecule has 1 heterocycles. The molecule has 0 aliphatic carbocycles. The van der Waals surface area contributed by atoms with Gasteiger partial charge < -0.3 is 4.74 Å². The summed E-state index contributed by atoms with van der Waals surface area (Å²) in [6, 6.07) is 21.3. The van der Waals surface area contributed by atoms with Crippen LogP contribution in [-0.2, 0) is 17.8 Å². The van der Waals surface area contributed by atoms with Crippen LogP contribution in [0.15, 0.2) is 60.7 Å². The zero-order valence-electron chi connectivity index (χ0n) is 13.4. The van der Waals surface area contributed by atoms with E-state index in [-0.39, 0.29) is 0 Å². The molecule has 3 heteroatoms. The Morgan fingerprint density at radius 3 is 2.13 bits per heavy atom. The molecule has 0 radical (unpaired) electrons. The normalized spacial score (nSPS) is 17.0. The largest absolute Gasteiger partial charge is 0.371 e. The third-order valence-corrected chi connectivity index (χ3v) is 7.15. The van der Waals surface area contributed by atoms with Gasteiger partial charge in [0.15, 0.2) is 0 Å². The van der Waals surface area contributed by atoms with Crippen LogP contribution in [0.5, 0.6) is 0 Å². The maximum Gasteiger partial charge on any atom is 0.0792 e. The number of hydrogen-bond acceptors (Lipinski definition) is 3. The third-order valence-electron chi connectivity index (χ3n) is 4.02. The summed E-state index contributed by atoms with van der Waals surface area (Å²) in [5.41, 5.74) is 2.68. The topological polar surface area (TPSA) is 9.23 Å². The predicted molar refractivity (Wildman–Crippen MR) is 103 cm³/mol. The van der Waals surface area contributed by atoms with Gasteiger partial charge in [-0.05, 0) is 41.9 Å². The van der Waals surface area contributed by atoms with Crippen molar-refractivity contribution in [2.75, 3.05) is 11.5 Å². The molecule has 0 N–H and O–H groups in total. The summed E-state index contributed by atoms with van der Waals surface area (Å²) >= 11 is 4.16. The van der Waals surface area contributed by atoms with E-state index >= 15 is 0 Å². The summed E-state index contributed by atoms with van der Waals surface area (Å²) in [7, 11) is 0. The van der Waals surface area contributed by atoms with Gasteiger partial charge in [-0.25, -0.2) is 0 Å². The van der Waals surface area contributed by atoms with E-state index < -0.39 is 0 Å². The van der Waals surface area contributed by atoms with Crippen LogP contribution in [0.2, 0.25) is 0 Å². The summed E-state index contributed by atoms with van der Waals surface area (Å²) in [6.07, 6.45) is 3.85. The highest BCUT2D eigenvalue weighted by molar-refractivity contribution is 8.17. The molecule has 1 saturated heterocycles. The van der Waals surface area contributed by atoms with Crippen molar-refractivity contribution < 1.29 is 4.74 Å². The van der Waals surface area contributed by atoms with Crippen molar-refractivity contribution >= 4 is 23.5 Å². The zero-order valence-corrected chi connectivity index (χ0v) is 15.0. The summed E-state index contributed by atoms with van der Waals surface area (Å²) in [5.74, 6) is 2.54. The number of ether oxygens (including phenoxy) is 1. The van der Waals surface area contributed by atoms with Crippen molar-refractivity contribution in [2.24, 2.45) is 0 Å². The SMILES string of the molecule is c1ccc(CC[C@H](OCc2ccccc2)C2SCCCS2)cc1. The number of rotatable bonds is 7. The van der Waals surface area contributed by atoms with E-state index in [1.54, 1.807) is 0 Å². The Labute approximate surface area is 148 Å². The van der Waals surface area contributed by atoms with Crippen LogP contribution in [-0.4, -0.2) is 22.2 Å². The molecule has 1 nitrogen and oxygen atoms in total. The lowest BCUT2D eigenvalue weighted by molar-refractivity contribution is 0.0460. The van der Waals surface area contributed by atoms with Crippen molar-refractivity contribution in [3.8, 4) is 0 Å². The van der Waals surface area contributed by atoms with Gasteiger partial charge in [-0.2, -0.15) is 0 Å². The fraction of sp³-hybridized carbons (Fsp3) is 0.400. The number of thioether (sulfide) groups is 2. The molecule has 2 aromatic rings. The van der Waals surface area contributed by atoms with E-state index in [0.717, 1.165) is 19.4 Å². The Morgan fingerprint density at radius 2 is 1.48 bits per heavy atom. The average molecular weight is 345 g/mol. The van der Waals surface area contributed by atoms with Gasteiger partial charge in [-0.15, -0.1) is 23.5 Å². The van der Waals surface area contributed by atoms with Crippen LogP contribution in [0.4, 0.5) is 0 Å². The van der Waals surface area contributed by atoms with Crippen molar-refractivity contribution in [1.29, 1.82) is 0 Å². The molecule has 0 saturated carbocycles. The molecule has 122 valence electrons. The maximum atomic E-state index is 6.35. The third kappa shape index (κ3) is 5.59.